The number of carbonyl (C=O) groups excluding carboxylic acids is 1. The summed E-state index contributed by atoms with van der Waals surface area (Å²) in [7, 11) is 4.24. The molecule has 0 aliphatic carbocycles. The Balaban J connectivity index is 2.53. The zero-order valence-corrected chi connectivity index (χ0v) is 13.3. The van der Waals surface area contributed by atoms with Crippen molar-refractivity contribution in [3.63, 3.8) is 0 Å². The van der Waals surface area contributed by atoms with Gasteiger partial charge in [0.05, 0.1) is 6.04 Å². The van der Waals surface area contributed by atoms with E-state index in [4.69, 9.17) is 0 Å². The third kappa shape index (κ3) is 5.62. The van der Waals surface area contributed by atoms with Crippen molar-refractivity contribution in [3.8, 4) is 0 Å². The van der Waals surface area contributed by atoms with Crippen molar-refractivity contribution in [3.05, 3.63) is 0 Å². The first-order valence-corrected chi connectivity index (χ1v) is 7.99. The molecule has 0 radical (unpaired) electrons. The molecule has 1 fully saturated rings. The van der Waals surface area contributed by atoms with E-state index in [9.17, 15) is 4.79 Å². The molecule has 0 saturated carbocycles. The van der Waals surface area contributed by atoms with E-state index in [0.717, 1.165) is 32.5 Å². The molecule has 2 unspecified atom stereocenters. The molecule has 2 atom stereocenters. The fourth-order valence-electron chi connectivity index (χ4n) is 2.98. The predicted molar refractivity (Wildman–Crippen MR) is 81.5 cm³/mol. The molecule has 1 aliphatic rings. The molecule has 0 spiro atoms. The maximum Gasteiger partial charge on any atom is 0.151 e. The molecule has 3 nitrogen and oxygen atoms in total. The van der Waals surface area contributed by atoms with Crippen molar-refractivity contribution in [1.82, 2.24) is 9.80 Å². The van der Waals surface area contributed by atoms with E-state index in [1.54, 1.807) is 0 Å². The summed E-state index contributed by atoms with van der Waals surface area (Å²) in [6.07, 6.45) is 6.79. The van der Waals surface area contributed by atoms with Gasteiger partial charge in [-0.25, -0.2) is 0 Å². The van der Waals surface area contributed by atoms with Crippen molar-refractivity contribution in [2.75, 3.05) is 33.7 Å². The minimum absolute atomic E-state index is 0.114. The maximum absolute atomic E-state index is 12.6. The third-order valence-corrected chi connectivity index (χ3v) is 4.47. The van der Waals surface area contributed by atoms with E-state index < -0.39 is 0 Å². The summed E-state index contributed by atoms with van der Waals surface area (Å²) in [6, 6.07) is 0.114. The first-order chi connectivity index (χ1) is 9.08. The number of carbonyl (C=O) groups is 1. The van der Waals surface area contributed by atoms with Crippen molar-refractivity contribution >= 4 is 5.78 Å². The summed E-state index contributed by atoms with van der Waals surface area (Å²) >= 11 is 0. The van der Waals surface area contributed by atoms with Crippen LogP contribution in [0.2, 0.25) is 0 Å². The van der Waals surface area contributed by atoms with Gasteiger partial charge in [-0.1, -0.05) is 39.5 Å². The van der Waals surface area contributed by atoms with E-state index in [0.29, 0.717) is 11.7 Å². The molecular weight excluding hydrogens is 236 g/mol. The van der Waals surface area contributed by atoms with Gasteiger partial charge in [0, 0.05) is 13.0 Å². The Morgan fingerprint density at radius 1 is 1.26 bits per heavy atom. The summed E-state index contributed by atoms with van der Waals surface area (Å²) in [4.78, 5) is 17.1. The lowest BCUT2D eigenvalue weighted by molar-refractivity contribution is -0.125. The minimum atomic E-state index is 0.114. The molecule has 112 valence electrons. The lowest BCUT2D eigenvalue weighted by Gasteiger charge is -2.27. The second-order valence-corrected chi connectivity index (χ2v) is 6.20. The number of hydrogen-bond acceptors (Lipinski definition) is 3. The number of ketones is 1. The van der Waals surface area contributed by atoms with Crippen LogP contribution in [-0.2, 0) is 4.79 Å². The van der Waals surface area contributed by atoms with Gasteiger partial charge < -0.3 is 4.90 Å². The molecule has 0 bridgehead atoms. The second-order valence-electron chi connectivity index (χ2n) is 6.20. The van der Waals surface area contributed by atoms with E-state index in [-0.39, 0.29) is 6.04 Å². The van der Waals surface area contributed by atoms with Crippen LogP contribution < -0.4 is 0 Å². The van der Waals surface area contributed by atoms with Crippen LogP contribution in [0.5, 0.6) is 0 Å². The Bertz CT molecular complexity index is 267. The molecular formula is C16H32N2O. The van der Waals surface area contributed by atoms with Crippen molar-refractivity contribution in [2.24, 2.45) is 5.92 Å². The minimum Gasteiger partial charge on any atom is -0.304 e. The van der Waals surface area contributed by atoms with Crippen LogP contribution in [0.15, 0.2) is 0 Å². The number of unbranched alkanes of at least 4 members (excludes halogenated alkanes) is 1. The molecule has 1 saturated heterocycles. The fourth-order valence-corrected chi connectivity index (χ4v) is 2.98. The standard InChI is InChI=1S/C16H32N2O/c1-5-7-9-14(6-2)12-16(19)15-13-17(3)10-8-11-18(15)4/h14-15H,5-13H2,1-4H3. The monoisotopic (exact) mass is 268 g/mol. The SMILES string of the molecule is CCCCC(CC)CC(=O)C1CN(C)CCCN1C. The van der Waals surface area contributed by atoms with Crippen LogP contribution in [0.1, 0.15) is 52.4 Å². The predicted octanol–water partition coefficient (Wildman–Crippen LogP) is 2.80. The van der Waals surface area contributed by atoms with Crippen molar-refractivity contribution in [1.29, 1.82) is 0 Å². The van der Waals surface area contributed by atoms with Crippen LogP contribution in [0.3, 0.4) is 0 Å². The van der Waals surface area contributed by atoms with Crippen molar-refractivity contribution in [2.45, 2.75) is 58.4 Å². The zero-order chi connectivity index (χ0) is 14.3. The van der Waals surface area contributed by atoms with Gasteiger partial charge in [-0.05, 0) is 39.5 Å². The molecule has 0 aromatic heterocycles. The van der Waals surface area contributed by atoms with E-state index >= 15 is 0 Å². The summed E-state index contributed by atoms with van der Waals surface area (Å²) in [5.74, 6) is 1.05. The van der Waals surface area contributed by atoms with E-state index in [1.807, 2.05) is 0 Å². The molecule has 0 N–H and O–H groups in total. The van der Waals surface area contributed by atoms with E-state index in [2.05, 4.69) is 37.7 Å². The normalized spacial score (nSPS) is 24.1. The maximum atomic E-state index is 12.6. The second kappa shape index (κ2) is 8.70. The Kier molecular flexibility index (Phi) is 7.62. The summed E-state index contributed by atoms with van der Waals surface area (Å²) in [5, 5.41) is 0. The Labute approximate surface area is 119 Å². The van der Waals surface area contributed by atoms with Gasteiger partial charge in [-0.3, -0.25) is 9.69 Å². The Morgan fingerprint density at radius 2 is 2.00 bits per heavy atom. The lowest BCUT2D eigenvalue weighted by Crippen LogP contribution is -2.44. The topological polar surface area (TPSA) is 23.6 Å². The summed E-state index contributed by atoms with van der Waals surface area (Å²) < 4.78 is 0. The van der Waals surface area contributed by atoms with Gasteiger partial charge >= 0.3 is 0 Å². The Hall–Kier alpha value is -0.410. The van der Waals surface area contributed by atoms with Crippen LogP contribution in [0, 0.1) is 5.92 Å². The van der Waals surface area contributed by atoms with Gasteiger partial charge in [-0.2, -0.15) is 0 Å². The number of Topliss-reactive ketones (excluding diaryl/α,β-unsaturated/α-hetero) is 1. The molecule has 1 heterocycles. The highest BCUT2D eigenvalue weighted by molar-refractivity contribution is 5.84. The summed E-state index contributed by atoms with van der Waals surface area (Å²) in [5.41, 5.74) is 0. The smallest absolute Gasteiger partial charge is 0.151 e. The molecule has 1 rings (SSSR count). The summed E-state index contributed by atoms with van der Waals surface area (Å²) in [6.45, 7) is 7.51. The molecule has 1 aliphatic heterocycles. The highest BCUT2D eigenvalue weighted by Crippen LogP contribution is 2.20. The zero-order valence-electron chi connectivity index (χ0n) is 13.3. The molecule has 0 aromatic carbocycles. The Morgan fingerprint density at radius 3 is 2.63 bits per heavy atom. The first kappa shape index (κ1) is 16.6. The fraction of sp³-hybridized carbons (Fsp3) is 0.938. The van der Waals surface area contributed by atoms with Crippen molar-refractivity contribution < 1.29 is 4.79 Å². The van der Waals surface area contributed by atoms with E-state index in [1.165, 1.54) is 25.7 Å². The van der Waals surface area contributed by atoms with Gasteiger partial charge in [0.25, 0.3) is 0 Å². The van der Waals surface area contributed by atoms with Gasteiger partial charge in [-0.15, -0.1) is 0 Å². The third-order valence-electron chi connectivity index (χ3n) is 4.47. The highest BCUT2D eigenvalue weighted by atomic mass is 16.1. The molecule has 0 amide bonds. The van der Waals surface area contributed by atoms with Gasteiger partial charge in [0.2, 0.25) is 0 Å². The quantitative estimate of drug-likeness (QED) is 0.709. The van der Waals surface area contributed by atoms with Crippen LogP contribution in [-0.4, -0.2) is 55.4 Å². The van der Waals surface area contributed by atoms with Gasteiger partial charge in [0.1, 0.15) is 0 Å². The molecule has 0 aromatic rings. The number of hydrogen-bond donors (Lipinski definition) is 0. The van der Waals surface area contributed by atoms with Crippen LogP contribution in [0.4, 0.5) is 0 Å². The lowest BCUT2D eigenvalue weighted by atomic mass is 9.91. The van der Waals surface area contributed by atoms with Crippen LogP contribution >= 0.6 is 0 Å². The average Bonchev–Trinajstić information content (AvgIpc) is 2.56. The largest absolute Gasteiger partial charge is 0.304 e. The van der Waals surface area contributed by atoms with Crippen LogP contribution in [0.25, 0.3) is 0 Å². The highest BCUT2D eigenvalue weighted by Gasteiger charge is 2.27. The first-order valence-electron chi connectivity index (χ1n) is 7.99. The number of likely N-dealkylation sites (N-methyl/N-ethyl adjacent to an activating group) is 2. The van der Waals surface area contributed by atoms with Gasteiger partial charge in [0.15, 0.2) is 5.78 Å². The number of rotatable bonds is 7. The molecule has 19 heavy (non-hydrogen) atoms. The molecule has 3 heteroatoms. The average molecular weight is 268 g/mol. The number of nitrogens with zero attached hydrogens (tertiary/aromatic N) is 2.